The lowest BCUT2D eigenvalue weighted by Gasteiger charge is -2.11. The lowest BCUT2D eigenvalue weighted by Crippen LogP contribution is -2.23. The molecule has 0 unspecified atom stereocenters. The molecule has 0 spiro atoms. The zero-order valence-corrected chi connectivity index (χ0v) is 23.8. The first-order valence-corrected chi connectivity index (χ1v) is 15.4. The Morgan fingerprint density at radius 3 is 2.02 bits per heavy atom. The summed E-state index contributed by atoms with van der Waals surface area (Å²) in [7, 11) is -7.40. The fraction of sp³-hybridized carbons (Fsp3) is 0.185. The normalized spacial score (nSPS) is 12.0. The van der Waals surface area contributed by atoms with Gasteiger partial charge in [-0.3, -0.25) is 4.55 Å². The first-order chi connectivity index (χ1) is 18.6. The number of nitrogen functional groups attached to an aromatic ring is 1. The molecule has 5 rings (SSSR count). The van der Waals surface area contributed by atoms with Crippen molar-refractivity contribution in [3.63, 3.8) is 0 Å². The second-order valence-electron chi connectivity index (χ2n) is 9.45. The minimum absolute atomic E-state index is 0.0846. The molecule has 0 bridgehead atoms. The highest BCUT2D eigenvalue weighted by Gasteiger charge is 2.25. The van der Waals surface area contributed by atoms with E-state index in [9.17, 15) is 21.2 Å². The SMILES string of the molecule is CS(=O)(=O)O.Cc1ccc(-c2[nH]c(-c3ccc(F)cc3)nc2-c2ccc3nc(N)n(S(=O)(=O)C(C)C)c3c2)cc1. The van der Waals surface area contributed by atoms with Gasteiger partial charge in [0, 0.05) is 16.7 Å². The van der Waals surface area contributed by atoms with E-state index in [0.717, 1.165) is 26.4 Å². The molecular formula is C27H28FN5O5S2. The van der Waals surface area contributed by atoms with Gasteiger partial charge in [0.15, 0.2) is 0 Å². The highest BCUT2D eigenvalue weighted by atomic mass is 32.2. The fourth-order valence-corrected chi connectivity index (χ4v) is 5.10. The average molecular weight is 586 g/mol. The van der Waals surface area contributed by atoms with Crippen molar-refractivity contribution in [2.45, 2.75) is 26.0 Å². The number of nitrogens with zero attached hydrogens (tertiary/aromatic N) is 3. The summed E-state index contributed by atoms with van der Waals surface area (Å²) < 4.78 is 66.5. The van der Waals surface area contributed by atoms with Crippen LogP contribution in [0.3, 0.4) is 0 Å². The third-order valence-electron chi connectivity index (χ3n) is 5.92. The summed E-state index contributed by atoms with van der Waals surface area (Å²) in [5.41, 5.74) is 11.7. The fourth-order valence-electron chi connectivity index (χ4n) is 3.95. The number of hydrogen-bond acceptors (Lipinski definition) is 7. The molecule has 0 aliphatic carbocycles. The highest BCUT2D eigenvalue weighted by molar-refractivity contribution is 7.90. The van der Waals surface area contributed by atoms with Crippen molar-refractivity contribution < 1.29 is 25.8 Å². The minimum Gasteiger partial charge on any atom is -0.368 e. The Morgan fingerprint density at radius 1 is 0.900 bits per heavy atom. The molecule has 0 saturated carbocycles. The summed E-state index contributed by atoms with van der Waals surface area (Å²) >= 11 is 0. The van der Waals surface area contributed by atoms with Crippen LogP contribution in [0.4, 0.5) is 10.3 Å². The van der Waals surface area contributed by atoms with E-state index in [-0.39, 0.29) is 11.8 Å². The van der Waals surface area contributed by atoms with E-state index in [1.165, 1.54) is 12.1 Å². The zero-order chi connectivity index (χ0) is 29.4. The molecule has 13 heteroatoms. The predicted molar refractivity (Wildman–Crippen MR) is 154 cm³/mol. The molecule has 0 amide bonds. The lowest BCUT2D eigenvalue weighted by atomic mass is 10.0. The Bertz CT molecular complexity index is 1890. The number of nitrogens with one attached hydrogen (secondary N) is 1. The number of aryl methyl sites for hydroxylation is 1. The molecule has 4 N–H and O–H groups in total. The monoisotopic (exact) mass is 585 g/mol. The Kier molecular flexibility index (Phi) is 7.83. The second-order valence-corrected chi connectivity index (χ2v) is 13.3. The number of fused-ring (bicyclic) bond motifs is 1. The van der Waals surface area contributed by atoms with Crippen LogP contribution in [0.2, 0.25) is 0 Å². The number of halogens is 1. The molecule has 5 aromatic rings. The van der Waals surface area contributed by atoms with E-state index in [4.69, 9.17) is 15.3 Å². The molecule has 0 aliphatic rings. The summed E-state index contributed by atoms with van der Waals surface area (Å²) in [5.74, 6) is 0.152. The molecule has 0 fully saturated rings. The zero-order valence-electron chi connectivity index (χ0n) is 22.1. The molecular weight excluding hydrogens is 557 g/mol. The first-order valence-electron chi connectivity index (χ1n) is 12.0. The van der Waals surface area contributed by atoms with E-state index in [2.05, 4.69) is 9.97 Å². The minimum atomic E-state index is -3.73. The van der Waals surface area contributed by atoms with E-state index in [0.29, 0.717) is 34.4 Å². The number of H-pyrrole nitrogens is 1. The second kappa shape index (κ2) is 10.8. The maximum absolute atomic E-state index is 13.5. The van der Waals surface area contributed by atoms with Gasteiger partial charge in [0.25, 0.3) is 10.1 Å². The van der Waals surface area contributed by atoms with Crippen molar-refractivity contribution in [2.24, 2.45) is 0 Å². The number of anilines is 1. The number of aromatic nitrogens is 4. The Labute approximate surface area is 231 Å². The maximum atomic E-state index is 13.5. The number of rotatable bonds is 5. The highest BCUT2D eigenvalue weighted by Crippen LogP contribution is 2.35. The van der Waals surface area contributed by atoms with Crippen molar-refractivity contribution >= 4 is 37.1 Å². The van der Waals surface area contributed by atoms with Gasteiger partial charge in [0.2, 0.25) is 16.0 Å². The van der Waals surface area contributed by atoms with Crippen molar-refractivity contribution in [3.05, 3.63) is 78.1 Å². The summed E-state index contributed by atoms with van der Waals surface area (Å²) in [6, 6.07) is 19.4. The standard InChI is InChI=1S/C26H24FN5O2S.CH4O3S/c1-15(2)35(33,34)32-22-14-19(10-13-21(22)29-26(32)28)24-23(17-6-4-16(3)5-7-17)30-25(31-24)18-8-11-20(27)12-9-18;1-5(2,3)4/h4-15H,1-3H3,(H2,28,29)(H,30,31);1H3,(H,2,3,4). The molecule has 10 nitrogen and oxygen atoms in total. The molecule has 0 radical (unpaired) electrons. The van der Waals surface area contributed by atoms with Gasteiger partial charge in [0.05, 0.1) is 33.9 Å². The lowest BCUT2D eigenvalue weighted by molar-refractivity contribution is 0.490. The largest absolute Gasteiger partial charge is 0.368 e. The molecule has 2 heterocycles. The first kappa shape index (κ1) is 28.9. The van der Waals surface area contributed by atoms with E-state index < -0.39 is 25.4 Å². The van der Waals surface area contributed by atoms with E-state index >= 15 is 0 Å². The van der Waals surface area contributed by atoms with Crippen LogP contribution in [0.1, 0.15) is 19.4 Å². The van der Waals surface area contributed by atoms with Gasteiger partial charge in [-0.2, -0.15) is 8.42 Å². The van der Waals surface area contributed by atoms with E-state index in [1.54, 1.807) is 38.1 Å². The van der Waals surface area contributed by atoms with Crippen LogP contribution in [0, 0.1) is 12.7 Å². The van der Waals surface area contributed by atoms with Gasteiger partial charge < -0.3 is 10.7 Å². The third-order valence-corrected chi connectivity index (χ3v) is 8.01. The van der Waals surface area contributed by atoms with Crippen LogP contribution in [0.25, 0.3) is 44.9 Å². The predicted octanol–water partition coefficient (Wildman–Crippen LogP) is 4.88. The Hall–Kier alpha value is -4.07. The summed E-state index contributed by atoms with van der Waals surface area (Å²) in [5, 5.41) is -0.676. The van der Waals surface area contributed by atoms with Crippen molar-refractivity contribution in [2.75, 3.05) is 12.0 Å². The number of aromatic amines is 1. The number of benzene rings is 3. The topological polar surface area (TPSA) is 161 Å². The van der Waals surface area contributed by atoms with Gasteiger partial charge in [-0.15, -0.1) is 0 Å². The summed E-state index contributed by atoms with van der Waals surface area (Å²) in [6.45, 7) is 5.21. The van der Waals surface area contributed by atoms with Gasteiger partial charge in [0.1, 0.15) is 11.6 Å². The smallest absolute Gasteiger partial charge is 0.261 e. The molecule has 40 heavy (non-hydrogen) atoms. The van der Waals surface area contributed by atoms with Gasteiger partial charge in [-0.1, -0.05) is 35.9 Å². The Balaban J connectivity index is 0.000000681. The molecule has 2 aromatic heterocycles. The number of hydrogen-bond donors (Lipinski definition) is 3. The number of imidazole rings is 2. The van der Waals surface area contributed by atoms with Crippen LogP contribution in [0.5, 0.6) is 0 Å². The molecule has 0 atom stereocenters. The molecule has 210 valence electrons. The molecule has 0 saturated heterocycles. The van der Waals surface area contributed by atoms with Gasteiger partial charge in [-0.25, -0.2) is 26.7 Å². The maximum Gasteiger partial charge on any atom is 0.261 e. The van der Waals surface area contributed by atoms with E-state index in [1.807, 2.05) is 37.3 Å². The summed E-state index contributed by atoms with van der Waals surface area (Å²) in [6.07, 6.45) is 0.715. The van der Waals surface area contributed by atoms with Crippen LogP contribution in [0.15, 0.2) is 66.7 Å². The van der Waals surface area contributed by atoms with Crippen LogP contribution < -0.4 is 5.73 Å². The van der Waals surface area contributed by atoms with Crippen molar-refractivity contribution in [1.82, 2.24) is 18.9 Å². The number of nitrogens with two attached hydrogens (primary N) is 1. The average Bonchev–Trinajstić information content (AvgIpc) is 3.44. The van der Waals surface area contributed by atoms with Crippen LogP contribution in [-0.2, 0) is 20.1 Å². The molecule has 0 aliphatic heterocycles. The third kappa shape index (κ3) is 6.22. The van der Waals surface area contributed by atoms with Crippen molar-refractivity contribution in [1.29, 1.82) is 0 Å². The van der Waals surface area contributed by atoms with Gasteiger partial charge in [-0.05, 0) is 57.2 Å². The molecule has 3 aromatic carbocycles. The Morgan fingerprint density at radius 2 is 1.45 bits per heavy atom. The van der Waals surface area contributed by atoms with Crippen LogP contribution in [-0.4, -0.2) is 51.8 Å². The van der Waals surface area contributed by atoms with Gasteiger partial charge >= 0.3 is 0 Å². The van der Waals surface area contributed by atoms with Crippen LogP contribution >= 0.6 is 0 Å². The summed E-state index contributed by atoms with van der Waals surface area (Å²) in [4.78, 5) is 12.4. The van der Waals surface area contributed by atoms with Crippen molar-refractivity contribution in [3.8, 4) is 33.9 Å². The quantitative estimate of drug-likeness (QED) is 0.246.